The number of nitrogens with zero attached hydrogens (tertiary/aromatic N) is 2. The van der Waals surface area contributed by atoms with E-state index in [1.807, 2.05) is 6.07 Å². The van der Waals surface area contributed by atoms with Crippen molar-refractivity contribution in [3.05, 3.63) is 53.9 Å². The summed E-state index contributed by atoms with van der Waals surface area (Å²) in [6, 6.07) is 10.7. The van der Waals surface area contributed by atoms with Gasteiger partial charge in [-0.15, -0.1) is 0 Å². The first kappa shape index (κ1) is 11.2. The first-order valence-corrected chi connectivity index (χ1v) is 6.21. The Hall–Kier alpha value is -1.94. The van der Waals surface area contributed by atoms with Crippen LogP contribution in [0.4, 0.5) is 5.69 Å². The Kier molecular flexibility index (Phi) is 2.94. The zero-order valence-corrected chi connectivity index (χ0v) is 10.1. The van der Waals surface area contributed by atoms with Crippen molar-refractivity contribution in [1.29, 1.82) is 0 Å². The number of anilines is 1. The maximum absolute atomic E-state index is 6.24. The van der Waals surface area contributed by atoms with Crippen LogP contribution in [0, 0.1) is 0 Å². The van der Waals surface area contributed by atoms with Crippen molar-refractivity contribution in [2.24, 2.45) is 5.73 Å². The van der Waals surface area contributed by atoms with Crippen molar-refractivity contribution in [3.63, 3.8) is 0 Å². The third-order valence-corrected chi connectivity index (χ3v) is 3.47. The van der Waals surface area contributed by atoms with Gasteiger partial charge >= 0.3 is 0 Å². The average Bonchev–Trinajstić information content (AvgIpc) is 2.43. The van der Waals surface area contributed by atoms with Crippen LogP contribution in [-0.2, 0) is 6.42 Å². The van der Waals surface area contributed by atoms with Crippen LogP contribution < -0.4 is 11.1 Å². The molecule has 1 aliphatic rings. The van der Waals surface area contributed by atoms with Crippen molar-refractivity contribution in [3.8, 4) is 0 Å². The van der Waals surface area contributed by atoms with Crippen LogP contribution >= 0.6 is 0 Å². The molecule has 2 aromatic rings. The van der Waals surface area contributed by atoms with Gasteiger partial charge in [0.05, 0.1) is 24.1 Å². The molecule has 18 heavy (non-hydrogen) atoms. The average molecular weight is 240 g/mol. The van der Waals surface area contributed by atoms with Gasteiger partial charge in [0.15, 0.2) is 0 Å². The molecule has 1 heterocycles. The van der Waals surface area contributed by atoms with Crippen molar-refractivity contribution in [1.82, 2.24) is 10.2 Å². The predicted molar refractivity (Wildman–Crippen MR) is 71.1 cm³/mol. The Labute approximate surface area is 106 Å². The molecule has 0 saturated carbocycles. The van der Waals surface area contributed by atoms with E-state index in [0.29, 0.717) is 0 Å². The van der Waals surface area contributed by atoms with Gasteiger partial charge in [-0.3, -0.25) is 0 Å². The second-order valence-electron chi connectivity index (χ2n) is 4.65. The normalized spacial score (nSPS) is 22.3. The zero-order valence-electron chi connectivity index (χ0n) is 10.1. The lowest BCUT2D eigenvalue weighted by Gasteiger charge is -2.32. The van der Waals surface area contributed by atoms with Crippen LogP contribution in [0.3, 0.4) is 0 Å². The van der Waals surface area contributed by atoms with Crippen LogP contribution in [0.1, 0.15) is 23.6 Å². The lowest BCUT2D eigenvalue weighted by Crippen LogP contribution is -2.37. The second kappa shape index (κ2) is 4.74. The van der Waals surface area contributed by atoms with E-state index in [0.717, 1.165) is 18.5 Å². The quantitative estimate of drug-likeness (QED) is 0.841. The fourth-order valence-corrected chi connectivity index (χ4v) is 2.53. The van der Waals surface area contributed by atoms with Crippen LogP contribution in [0.2, 0.25) is 0 Å². The molecule has 0 bridgehead atoms. The highest BCUT2D eigenvalue weighted by Crippen LogP contribution is 2.31. The van der Waals surface area contributed by atoms with Crippen molar-refractivity contribution >= 4 is 5.69 Å². The van der Waals surface area contributed by atoms with Crippen LogP contribution in [-0.4, -0.2) is 16.2 Å². The summed E-state index contributed by atoms with van der Waals surface area (Å²) >= 11 is 0. The summed E-state index contributed by atoms with van der Waals surface area (Å²) < 4.78 is 0. The predicted octanol–water partition coefficient (Wildman–Crippen LogP) is 1.90. The monoisotopic (exact) mass is 240 g/mol. The number of fused-ring (bicyclic) bond motifs is 1. The Morgan fingerprint density at radius 3 is 2.89 bits per heavy atom. The molecule has 92 valence electrons. The molecule has 0 fully saturated rings. The molecule has 1 aromatic carbocycles. The van der Waals surface area contributed by atoms with Gasteiger partial charge in [0.2, 0.25) is 0 Å². The molecule has 4 nitrogen and oxygen atoms in total. The summed E-state index contributed by atoms with van der Waals surface area (Å²) in [4.78, 5) is 0. The molecule has 2 unspecified atom stereocenters. The molecule has 0 saturated heterocycles. The van der Waals surface area contributed by atoms with Gasteiger partial charge in [0.1, 0.15) is 0 Å². The SMILES string of the molecule is NC1CCc2ccccc2C1Nc1ccnnc1. The van der Waals surface area contributed by atoms with Crippen molar-refractivity contribution in [2.75, 3.05) is 5.32 Å². The molecule has 0 amide bonds. The Bertz CT molecular complexity index is 526. The summed E-state index contributed by atoms with van der Waals surface area (Å²) in [5, 5.41) is 11.1. The molecule has 4 heteroatoms. The molecular formula is C14H16N4. The molecule has 0 aliphatic heterocycles. The standard InChI is InChI=1S/C14H16N4/c15-13-6-5-10-3-1-2-4-12(10)14(13)18-11-7-8-16-17-9-11/h1-4,7-9,13-14H,5-6,15H2,(H,16,18). The minimum atomic E-state index is 0.132. The number of nitrogens with two attached hydrogens (primary N) is 1. The Morgan fingerprint density at radius 1 is 1.17 bits per heavy atom. The number of nitrogens with one attached hydrogen (secondary N) is 1. The van der Waals surface area contributed by atoms with Gasteiger partial charge in [-0.05, 0) is 30.0 Å². The number of rotatable bonds is 2. The number of hydrogen-bond acceptors (Lipinski definition) is 4. The van der Waals surface area contributed by atoms with Crippen LogP contribution in [0.25, 0.3) is 0 Å². The molecule has 2 atom stereocenters. The highest BCUT2D eigenvalue weighted by molar-refractivity contribution is 5.45. The summed E-state index contributed by atoms with van der Waals surface area (Å²) in [7, 11) is 0. The van der Waals surface area contributed by atoms with E-state index < -0.39 is 0 Å². The highest BCUT2D eigenvalue weighted by atomic mass is 15.1. The van der Waals surface area contributed by atoms with Gasteiger partial charge in [-0.2, -0.15) is 10.2 Å². The van der Waals surface area contributed by atoms with Crippen molar-refractivity contribution < 1.29 is 0 Å². The fourth-order valence-electron chi connectivity index (χ4n) is 2.53. The first-order chi connectivity index (χ1) is 8.84. The van der Waals surface area contributed by atoms with Gasteiger partial charge in [-0.25, -0.2) is 0 Å². The summed E-state index contributed by atoms with van der Waals surface area (Å²) in [6.45, 7) is 0. The first-order valence-electron chi connectivity index (χ1n) is 6.21. The number of hydrogen-bond donors (Lipinski definition) is 2. The zero-order chi connectivity index (χ0) is 12.4. The maximum atomic E-state index is 6.24. The van der Waals surface area contributed by atoms with E-state index >= 15 is 0 Å². The lowest BCUT2D eigenvalue weighted by molar-refractivity contribution is 0.505. The number of benzene rings is 1. The van der Waals surface area contributed by atoms with Gasteiger partial charge in [-0.1, -0.05) is 24.3 Å². The van der Waals surface area contributed by atoms with E-state index in [4.69, 9.17) is 5.73 Å². The maximum Gasteiger partial charge on any atom is 0.0728 e. The van der Waals surface area contributed by atoms with E-state index in [9.17, 15) is 0 Å². The second-order valence-corrected chi connectivity index (χ2v) is 4.65. The van der Waals surface area contributed by atoms with Gasteiger partial charge in [0.25, 0.3) is 0 Å². The third kappa shape index (κ3) is 2.07. The molecule has 1 aromatic heterocycles. The molecule has 0 spiro atoms. The molecule has 3 N–H and O–H groups in total. The van der Waals surface area contributed by atoms with E-state index in [-0.39, 0.29) is 12.1 Å². The minimum Gasteiger partial charge on any atom is -0.375 e. The largest absolute Gasteiger partial charge is 0.375 e. The van der Waals surface area contributed by atoms with Crippen LogP contribution in [0.5, 0.6) is 0 Å². The summed E-state index contributed by atoms with van der Waals surface area (Å²) in [5.41, 5.74) is 9.89. The fraction of sp³-hybridized carbons (Fsp3) is 0.286. The van der Waals surface area contributed by atoms with Crippen molar-refractivity contribution in [2.45, 2.75) is 24.9 Å². The summed E-state index contributed by atoms with van der Waals surface area (Å²) in [5.74, 6) is 0. The number of aromatic nitrogens is 2. The summed E-state index contributed by atoms with van der Waals surface area (Å²) in [6.07, 6.45) is 5.48. The highest BCUT2D eigenvalue weighted by Gasteiger charge is 2.26. The minimum absolute atomic E-state index is 0.132. The number of aryl methyl sites for hydroxylation is 1. The lowest BCUT2D eigenvalue weighted by atomic mass is 9.84. The van der Waals surface area contributed by atoms with Gasteiger partial charge in [0, 0.05) is 6.04 Å². The van der Waals surface area contributed by atoms with E-state index in [1.165, 1.54) is 11.1 Å². The topological polar surface area (TPSA) is 63.8 Å². The van der Waals surface area contributed by atoms with Gasteiger partial charge < -0.3 is 11.1 Å². The Balaban J connectivity index is 1.91. The molecular weight excluding hydrogens is 224 g/mol. The van der Waals surface area contributed by atoms with Crippen LogP contribution in [0.15, 0.2) is 42.7 Å². The van der Waals surface area contributed by atoms with E-state index in [2.05, 4.69) is 39.8 Å². The molecule has 0 radical (unpaired) electrons. The van der Waals surface area contributed by atoms with E-state index in [1.54, 1.807) is 12.4 Å². The smallest absolute Gasteiger partial charge is 0.0728 e. The molecule has 1 aliphatic carbocycles. The third-order valence-electron chi connectivity index (χ3n) is 3.47. The molecule has 3 rings (SSSR count). The Morgan fingerprint density at radius 2 is 2.06 bits per heavy atom.